The Hall–Kier alpha value is -1.90. The van der Waals surface area contributed by atoms with Crippen molar-refractivity contribution >= 4 is 32.9 Å². The molecular formula is C18H22BrF2N3O3. The van der Waals surface area contributed by atoms with Gasteiger partial charge in [0.1, 0.15) is 17.4 Å². The van der Waals surface area contributed by atoms with Gasteiger partial charge in [0, 0.05) is 24.2 Å². The number of methoxy groups -OCH3 is 1. The number of piperidine rings is 1. The molecule has 0 N–H and O–H groups in total. The number of aromatic nitrogens is 2. The van der Waals surface area contributed by atoms with Crippen LogP contribution in [0.25, 0.3) is 10.9 Å². The maximum Gasteiger partial charge on any atom is 0.410 e. The molecule has 0 bridgehead atoms. The van der Waals surface area contributed by atoms with Crippen LogP contribution in [0.4, 0.5) is 13.6 Å². The number of likely N-dealkylation sites (tertiary alicyclic amines) is 1. The highest BCUT2D eigenvalue weighted by Gasteiger charge is 2.48. The van der Waals surface area contributed by atoms with Crippen molar-refractivity contribution in [1.82, 2.24) is 14.7 Å². The number of nitrogens with zero attached hydrogens (tertiary/aromatic N) is 3. The summed E-state index contributed by atoms with van der Waals surface area (Å²) in [4.78, 5) is 13.2. The predicted octanol–water partition coefficient (Wildman–Crippen LogP) is 4.62. The fourth-order valence-corrected chi connectivity index (χ4v) is 3.62. The molecule has 0 spiro atoms. The smallest absolute Gasteiger partial charge is 0.410 e. The highest BCUT2D eigenvalue weighted by molar-refractivity contribution is 9.10. The van der Waals surface area contributed by atoms with E-state index in [1.54, 1.807) is 39.1 Å². The highest BCUT2D eigenvalue weighted by atomic mass is 79.9. The Morgan fingerprint density at radius 1 is 1.37 bits per heavy atom. The van der Waals surface area contributed by atoms with E-state index in [9.17, 15) is 13.6 Å². The second kappa shape index (κ2) is 6.92. The molecule has 1 aliphatic heterocycles. The van der Waals surface area contributed by atoms with E-state index in [1.807, 2.05) is 0 Å². The van der Waals surface area contributed by atoms with E-state index < -0.39 is 30.2 Å². The number of rotatable bonds is 2. The molecule has 6 nitrogen and oxygen atoms in total. The summed E-state index contributed by atoms with van der Waals surface area (Å²) < 4.78 is 42.1. The summed E-state index contributed by atoms with van der Waals surface area (Å²) in [6, 6.07) is 2.35. The maximum atomic E-state index is 14.8. The number of fused-ring (bicyclic) bond motifs is 1. The number of benzene rings is 1. The van der Waals surface area contributed by atoms with Gasteiger partial charge in [0.05, 0.1) is 23.6 Å². The lowest BCUT2D eigenvalue weighted by Gasteiger charge is -2.38. The molecule has 1 fully saturated rings. The normalized spacial score (nSPS) is 20.0. The molecule has 0 saturated carbocycles. The minimum atomic E-state index is -3.13. The van der Waals surface area contributed by atoms with Crippen molar-refractivity contribution < 1.29 is 23.0 Å². The number of amides is 1. The van der Waals surface area contributed by atoms with Crippen LogP contribution in [0.5, 0.6) is 5.75 Å². The fraction of sp³-hybridized carbons (Fsp3) is 0.556. The van der Waals surface area contributed by atoms with Crippen LogP contribution in [-0.4, -0.2) is 52.5 Å². The topological polar surface area (TPSA) is 56.6 Å². The van der Waals surface area contributed by atoms with Crippen LogP contribution in [0, 0.1) is 0 Å². The van der Waals surface area contributed by atoms with Crippen LogP contribution >= 0.6 is 15.9 Å². The van der Waals surface area contributed by atoms with Gasteiger partial charge in [0.25, 0.3) is 5.92 Å². The molecule has 1 amide bonds. The summed E-state index contributed by atoms with van der Waals surface area (Å²) in [5, 5.41) is 5.04. The summed E-state index contributed by atoms with van der Waals surface area (Å²) in [6.45, 7) is 4.60. The lowest BCUT2D eigenvalue weighted by molar-refractivity contribution is -0.106. The standard InChI is InChI=1S/C18H22BrF2N3O3/c1-17(2,3)27-16(25)23-6-5-15(18(20,21)10-23)24-9-11-7-12(19)14(26-4)8-13(11)22-24/h7-9,15H,5-6,10H2,1-4H3. The molecule has 1 aromatic carbocycles. The molecule has 2 heterocycles. The Balaban J connectivity index is 1.82. The van der Waals surface area contributed by atoms with Crippen molar-refractivity contribution in [1.29, 1.82) is 0 Å². The predicted molar refractivity (Wildman–Crippen MR) is 100 cm³/mol. The van der Waals surface area contributed by atoms with Crippen molar-refractivity contribution in [2.45, 2.75) is 44.8 Å². The molecule has 2 aromatic rings. The van der Waals surface area contributed by atoms with Crippen molar-refractivity contribution in [3.63, 3.8) is 0 Å². The van der Waals surface area contributed by atoms with Gasteiger partial charge in [0.15, 0.2) is 0 Å². The molecule has 27 heavy (non-hydrogen) atoms. The summed E-state index contributed by atoms with van der Waals surface area (Å²) in [5.41, 5.74) is -0.157. The zero-order chi connectivity index (χ0) is 20.0. The average Bonchev–Trinajstić information content (AvgIpc) is 2.93. The zero-order valence-corrected chi connectivity index (χ0v) is 17.2. The van der Waals surface area contributed by atoms with E-state index in [-0.39, 0.29) is 13.0 Å². The highest BCUT2D eigenvalue weighted by Crippen LogP contribution is 2.38. The number of carbonyl (C=O) groups excluding carboxylic acids is 1. The summed E-state index contributed by atoms with van der Waals surface area (Å²) in [6.07, 6.45) is 0.958. The molecular weight excluding hydrogens is 424 g/mol. The van der Waals surface area contributed by atoms with Gasteiger partial charge in [-0.25, -0.2) is 13.6 Å². The molecule has 3 rings (SSSR count). The van der Waals surface area contributed by atoms with Gasteiger partial charge in [-0.05, 0) is 49.2 Å². The van der Waals surface area contributed by atoms with Crippen LogP contribution in [0.1, 0.15) is 33.2 Å². The second-order valence-electron chi connectivity index (χ2n) is 7.62. The first-order valence-electron chi connectivity index (χ1n) is 8.58. The van der Waals surface area contributed by atoms with Crippen LogP contribution in [0.3, 0.4) is 0 Å². The van der Waals surface area contributed by atoms with Crippen LogP contribution in [-0.2, 0) is 4.74 Å². The van der Waals surface area contributed by atoms with Crippen molar-refractivity contribution in [3.8, 4) is 5.75 Å². The van der Waals surface area contributed by atoms with Gasteiger partial charge in [-0.15, -0.1) is 0 Å². The number of carbonyl (C=O) groups is 1. The van der Waals surface area contributed by atoms with Crippen molar-refractivity contribution in [2.24, 2.45) is 0 Å². The van der Waals surface area contributed by atoms with Crippen molar-refractivity contribution in [2.75, 3.05) is 20.2 Å². The Morgan fingerprint density at radius 2 is 2.07 bits per heavy atom. The molecule has 1 aliphatic rings. The molecule has 1 atom stereocenters. The molecule has 0 radical (unpaired) electrons. The average molecular weight is 446 g/mol. The van der Waals surface area contributed by atoms with Crippen molar-refractivity contribution in [3.05, 3.63) is 22.8 Å². The van der Waals surface area contributed by atoms with Crippen LogP contribution in [0.2, 0.25) is 0 Å². The minimum absolute atomic E-state index is 0.0819. The zero-order valence-electron chi connectivity index (χ0n) is 15.6. The van der Waals surface area contributed by atoms with Gasteiger partial charge in [0.2, 0.25) is 0 Å². The minimum Gasteiger partial charge on any atom is -0.495 e. The summed E-state index contributed by atoms with van der Waals surface area (Å²) in [5.74, 6) is -2.54. The fourth-order valence-electron chi connectivity index (χ4n) is 3.10. The van der Waals surface area contributed by atoms with E-state index in [0.29, 0.717) is 11.3 Å². The lowest BCUT2D eigenvalue weighted by atomic mass is 10.0. The second-order valence-corrected chi connectivity index (χ2v) is 8.48. The van der Waals surface area contributed by atoms with E-state index in [2.05, 4.69) is 21.0 Å². The molecule has 1 aromatic heterocycles. The number of halogens is 3. The first-order valence-corrected chi connectivity index (χ1v) is 9.37. The number of alkyl halides is 2. The molecule has 1 saturated heterocycles. The molecule has 9 heteroatoms. The third-order valence-corrected chi connectivity index (χ3v) is 4.95. The Bertz CT molecular complexity index is 863. The quantitative estimate of drug-likeness (QED) is 0.676. The van der Waals surface area contributed by atoms with Gasteiger partial charge in [-0.3, -0.25) is 4.68 Å². The van der Waals surface area contributed by atoms with Gasteiger partial charge >= 0.3 is 6.09 Å². The first-order chi connectivity index (χ1) is 12.5. The molecule has 1 unspecified atom stereocenters. The van der Waals surface area contributed by atoms with Crippen LogP contribution in [0.15, 0.2) is 22.8 Å². The SMILES string of the molecule is COc1cc2nn(C3CCN(C(=O)OC(C)(C)C)CC3(F)F)cc2cc1Br. The third-order valence-electron chi connectivity index (χ3n) is 4.33. The third kappa shape index (κ3) is 4.17. The van der Waals surface area contributed by atoms with E-state index in [0.717, 1.165) is 14.8 Å². The van der Waals surface area contributed by atoms with E-state index >= 15 is 0 Å². The maximum absolute atomic E-state index is 14.8. The Labute approximate surface area is 164 Å². The first kappa shape index (κ1) is 19.9. The van der Waals surface area contributed by atoms with E-state index in [4.69, 9.17) is 9.47 Å². The van der Waals surface area contributed by atoms with Crippen LogP contribution < -0.4 is 4.74 Å². The summed E-state index contributed by atoms with van der Waals surface area (Å²) in [7, 11) is 1.53. The lowest BCUT2D eigenvalue weighted by Crippen LogP contribution is -2.52. The van der Waals surface area contributed by atoms with Gasteiger partial charge in [-0.1, -0.05) is 0 Å². The largest absolute Gasteiger partial charge is 0.495 e. The van der Waals surface area contributed by atoms with Gasteiger partial charge in [-0.2, -0.15) is 5.10 Å². The molecule has 148 valence electrons. The Morgan fingerprint density at radius 3 is 2.67 bits per heavy atom. The molecule has 0 aliphatic carbocycles. The summed E-state index contributed by atoms with van der Waals surface area (Å²) >= 11 is 3.38. The Kier molecular flexibility index (Phi) is 5.09. The monoisotopic (exact) mass is 445 g/mol. The number of hydrogen-bond donors (Lipinski definition) is 0. The number of ether oxygens (including phenoxy) is 2. The number of hydrogen-bond acceptors (Lipinski definition) is 4. The van der Waals surface area contributed by atoms with Gasteiger partial charge < -0.3 is 14.4 Å². The van der Waals surface area contributed by atoms with E-state index in [1.165, 1.54) is 11.8 Å².